The van der Waals surface area contributed by atoms with Crippen molar-refractivity contribution in [2.75, 3.05) is 5.32 Å². The summed E-state index contributed by atoms with van der Waals surface area (Å²) in [7, 11) is -3.77. The molecule has 0 aliphatic heterocycles. The number of hydrogen-bond acceptors (Lipinski definition) is 3. The minimum Gasteiger partial charge on any atom is -0.322 e. The predicted molar refractivity (Wildman–Crippen MR) is 111 cm³/mol. The lowest BCUT2D eigenvalue weighted by molar-refractivity contribution is 0.102. The van der Waals surface area contributed by atoms with Gasteiger partial charge in [-0.2, -0.15) is 0 Å². The zero-order valence-corrected chi connectivity index (χ0v) is 16.7. The van der Waals surface area contributed by atoms with E-state index in [2.05, 4.69) is 10.0 Å². The zero-order valence-electron chi connectivity index (χ0n) is 15.9. The fraction of sp³-hybridized carbons (Fsp3) is 0.286. The average molecular weight is 407 g/mol. The lowest BCUT2D eigenvalue weighted by atomic mass is 9.98. The van der Waals surface area contributed by atoms with Gasteiger partial charge < -0.3 is 5.32 Å². The first-order valence-electron chi connectivity index (χ1n) is 9.15. The second-order valence-corrected chi connectivity index (χ2v) is 8.70. The van der Waals surface area contributed by atoms with E-state index in [0.29, 0.717) is 17.7 Å². The number of carbonyl (C=O) groups excluding carboxylic acids is 1. The van der Waals surface area contributed by atoms with Crippen LogP contribution in [0.5, 0.6) is 0 Å². The van der Waals surface area contributed by atoms with E-state index in [4.69, 9.17) is 0 Å². The number of sulfonamides is 1. The van der Waals surface area contributed by atoms with Crippen LogP contribution in [0, 0.1) is 12.7 Å². The monoisotopic (exact) mass is 406 g/mol. The summed E-state index contributed by atoms with van der Waals surface area (Å²) in [6, 6.07) is 10.1. The van der Waals surface area contributed by atoms with Crippen LogP contribution in [0.4, 0.5) is 10.1 Å². The predicted octanol–water partition coefficient (Wildman–Crippen LogP) is 5.00. The van der Waals surface area contributed by atoms with Crippen molar-refractivity contribution in [1.82, 2.24) is 4.72 Å². The molecule has 28 heavy (non-hydrogen) atoms. The molecule has 0 saturated carbocycles. The third-order valence-corrected chi connectivity index (χ3v) is 6.21. The van der Waals surface area contributed by atoms with Crippen LogP contribution in [0.25, 0.3) is 0 Å². The van der Waals surface area contributed by atoms with Crippen LogP contribution in [0.3, 0.4) is 0 Å². The van der Waals surface area contributed by atoms with Crippen molar-refractivity contribution in [2.45, 2.75) is 44.4 Å². The van der Waals surface area contributed by atoms with Gasteiger partial charge in [-0.25, -0.2) is 12.8 Å². The van der Waals surface area contributed by atoms with Crippen LogP contribution in [0.15, 0.2) is 58.6 Å². The van der Waals surface area contributed by atoms with Crippen molar-refractivity contribution in [2.24, 2.45) is 0 Å². The molecule has 0 aromatic heterocycles. The Labute approximate surface area is 167 Å². The lowest BCUT2D eigenvalue weighted by Crippen LogP contribution is -2.25. The summed E-state index contributed by atoms with van der Waals surface area (Å²) in [5.41, 5.74) is 2.85. The van der Waals surface area contributed by atoms with Crippen molar-refractivity contribution in [3.05, 3.63) is 70.7 Å². The zero-order chi connectivity index (χ0) is 20.3. The Kier molecular flexibility index (Phi) is 5.84. The highest BCUT2D eigenvalue weighted by Gasteiger charge is 2.20. The maximum absolute atomic E-state index is 13.4. The van der Waals surface area contributed by atoms with E-state index in [1.807, 2.05) is 6.92 Å². The third kappa shape index (κ3) is 4.59. The van der Waals surface area contributed by atoms with Crippen LogP contribution < -0.4 is 10.0 Å². The first-order chi connectivity index (χ1) is 13.3. The van der Waals surface area contributed by atoms with Gasteiger partial charge in [0, 0.05) is 19.8 Å². The molecule has 2 aromatic carbocycles. The van der Waals surface area contributed by atoms with Crippen molar-refractivity contribution < 1.29 is 20.5 Å². The minimum atomic E-state index is -3.77. The summed E-state index contributed by atoms with van der Waals surface area (Å²) in [5, 5.41) is 2.66. The van der Waals surface area contributed by atoms with Crippen molar-refractivity contribution >= 4 is 21.6 Å². The second-order valence-electron chi connectivity index (χ2n) is 7.02. The summed E-state index contributed by atoms with van der Waals surface area (Å²) < 4.78 is 41.5. The molecule has 1 aliphatic carbocycles. The van der Waals surface area contributed by atoms with Gasteiger partial charge in [0.05, 0.1) is 4.90 Å². The fourth-order valence-electron chi connectivity index (χ4n) is 3.15. The first kappa shape index (κ1) is 20.1. The van der Waals surface area contributed by atoms with E-state index >= 15 is 0 Å². The van der Waals surface area contributed by atoms with Gasteiger partial charge in [-0.05, 0) is 81.5 Å². The van der Waals surface area contributed by atoms with Gasteiger partial charge in [-0.3, -0.25) is 9.52 Å². The fourth-order valence-corrected chi connectivity index (χ4v) is 4.40. The van der Waals surface area contributed by atoms with E-state index in [0.717, 1.165) is 30.5 Å². The number of anilines is 1. The Morgan fingerprint density at radius 2 is 1.82 bits per heavy atom. The second kappa shape index (κ2) is 8.14. The molecule has 152 valence electrons. The standard InChI is InChI=1S/C21H23FN2O3S.2H2/c1-14-6-3-4-9-20(14)24-28(26,27)18-8-5-7-16(13-18)21(25)23-17-10-11-19(22)15(2)12-17;;/h5,7-8,10-13,24H,3-4,6,9H2,1-2H3,(H,23,25);2*1H. The molecule has 7 heteroatoms. The number of halogens is 1. The third-order valence-electron chi connectivity index (χ3n) is 4.82. The molecule has 1 aliphatic rings. The van der Waals surface area contributed by atoms with Gasteiger partial charge in [-0.1, -0.05) is 11.6 Å². The smallest absolute Gasteiger partial charge is 0.261 e. The van der Waals surface area contributed by atoms with Gasteiger partial charge >= 0.3 is 0 Å². The summed E-state index contributed by atoms with van der Waals surface area (Å²) in [5.74, 6) is -0.819. The Hall–Kier alpha value is -2.67. The maximum atomic E-state index is 13.4. The molecular weight excluding hydrogens is 379 g/mol. The molecule has 5 nitrogen and oxygen atoms in total. The van der Waals surface area contributed by atoms with Crippen LogP contribution in [0.1, 0.15) is 51.4 Å². The van der Waals surface area contributed by atoms with Gasteiger partial charge in [0.15, 0.2) is 0 Å². The van der Waals surface area contributed by atoms with Gasteiger partial charge in [-0.15, -0.1) is 0 Å². The molecule has 1 amide bonds. The number of nitrogens with one attached hydrogen (secondary N) is 2. The Morgan fingerprint density at radius 3 is 2.54 bits per heavy atom. The lowest BCUT2D eigenvalue weighted by Gasteiger charge is -2.19. The van der Waals surface area contributed by atoms with Gasteiger partial charge in [0.1, 0.15) is 5.82 Å². The highest BCUT2D eigenvalue weighted by molar-refractivity contribution is 7.89. The number of aryl methyl sites for hydroxylation is 1. The number of amides is 1. The topological polar surface area (TPSA) is 75.3 Å². The highest BCUT2D eigenvalue weighted by Crippen LogP contribution is 2.24. The van der Waals surface area contributed by atoms with Crippen LogP contribution >= 0.6 is 0 Å². The molecule has 0 atom stereocenters. The molecule has 0 fully saturated rings. The van der Waals surface area contributed by atoms with E-state index < -0.39 is 15.9 Å². The van der Waals surface area contributed by atoms with Crippen molar-refractivity contribution in [1.29, 1.82) is 0 Å². The number of rotatable bonds is 5. The number of allylic oxidation sites excluding steroid dienone is 2. The van der Waals surface area contributed by atoms with Crippen LogP contribution in [-0.2, 0) is 10.0 Å². The summed E-state index contributed by atoms with van der Waals surface area (Å²) in [6.07, 6.45) is 3.61. The van der Waals surface area contributed by atoms with E-state index in [-0.39, 0.29) is 19.1 Å². The quantitative estimate of drug-likeness (QED) is 0.733. The summed E-state index contributed by atoms with van der Waals surface area (Å²) in [4.78, 5) is 12.5. The number of benzene rings is 2. The largest absolute Gasteiger partial charge is 0.322 e. The van der Waals surface area contributed by atoms with E-state index in [1.54, 1.807) is 6.92 Å². The molecule has 3 rings (SSSR count). The minimum absolute atomic E-state index is 0. The molecule has 2 aromatic rings. The molecule has 0 saturated heterocycles. The average Bonchev–Trinajstić information content (AvgIpc) is 2.66. The molecule has 0 radical (unpaired) electrons. The van der Waals surface area contributed by atoms with Crippen molar-refractivity contribution in [3.8, 4) is 0 Å². The van der Waals surface area contributed by atoms with Crippen molar-refractivity contribution in [3.63, 3.8) is 0 Å². The number of carbonyl (C=O) groups is 1. The molecule has 0 bridgehead atoms. The summed E-state index contributed by atoms with van der Waals surface area (Å²) >= 11 is 0. The van der Waals surface area contributed by atoms with Crippen LogP contribution in [-0.4, -0.2) is 14.3 Å². The Balaban J connectivity index is 0.00000225. The molecule has 0 spiro atoms. The van der Waals surface area contributed by atoms with Gasteiger partial charge in [0.25, 0.3) is 15.9 Å². The van der Waals surface area contributed by atoms with E-state index in [9.17, 15) is 17.6 Å². The molecule has 0 unspecified atom stereocenters. The molecule has 0 heterocycles. The van der Waals surface area contributed by atoms with E-state index in [1.165, 1.54) is 42.5 Å². The normalized spacial score (nSPS) is 14.7. The Bertz CT molecular complexity index is 1060. The Morgan fingerprint density at radius 1 is 1.07 bits per heavy atom. The summed E-state index contributed by atoms with van der Waals surface area (Å²) in [6.45, 7) is 3.54. The molecular formula is C21H27FN2O3S. The maximum Gasteiger partial charge on any atom is 0.261 e. The van der Waals surface area contributed by atoms with Crippen LogP contribution in [0.2, 0.25) is 0 Å². The highest BCUT2D eigenvalue weighted by atomic mass is 32.2. The molecule has 2 N–H and O–H groups in total. The van der Waals surface area contributed by atoms with Gasteiger partial charge in [0.2, 0.25) is 0 Å². The SMILES string of the molecule is CC1=C(NS(=O)(=O)c2cccc(C(=O)Nc3ccc(F)c(C)c3)c2)CCCC1.[HH].[HH]. The first-order valence-corrected chi connectivity index (χ1v) is 10.6. The number of hydrogen-bond donors (Lipinski definition) is 2.